The van der Waals surface area contributed by atoms with Gasteiger partial charge >= 0.3 is 6.09 Å². The molecule has 2 aliphatic rings. The van der Waals surface area contributed by atoms with Gasteiger partial charge in [-0.3, -0.25) is 13.7 Å². The molecular formula is C21H31N3O5S. The number of nitrogens with zero attached hydrogens (tertiary/aromatic N) is 2. The van der Waals surface area contributed by atoms with E-state index in [4.69, 9.17) is 10.5 Å². The van der Waals surface area contributed by atoms with Gasteiger partial charge in [-0.05, 0) is 82.6 Å². The van der Waals surface area contributed by atoms with Crippen molar-refractivity contribution in [2.24, 2.45) is 5.73 Å². The van der Waals surface area contributed by atoms with Gasteiger partial charge in [-0.2, -0.15) is 0 Å². The number of ether oxygens (including phenoxy) is 1. The van der Waals surface area contributed by atoms with E-state index in [1.165, 1.54) is 4.31 Å². The van der Waals surface area contributed by atoms with Gasteiger partial charge in [0, 0.05) is 24.7 Å². The van der Waals surface area contributed by atoms with E-state index in [1.54, 1.807) is 17.0 Å². The van der Waals surface area contributed by atoms with Crippen molar-refractivity contribution in [2.75, 3.05) is 17.4 Å². The van der Waals surface area contributed by atoms with E-state index in [0.717, 1.165) is 36.8 Å². The molecule has 3 rings (SSSR count). The van der Waals surface area contributed by atoms with Gasteiger partial charge in [-0.15, -0.1) is 0 Å². The van der Waals surface area contributed by atoms with E-state index in [-0.39, 0.29) is 12.1 Å². The third kappa shape index (κ3) is 4.95. The number of carbonyl (C=O) groups is 2. The van der Waals surface area contributed by atoms with Crippen LogP contribution in [0.1, 0.15) is 67.9 Å². The minimum atomic E-state index is -2.22. The predicted octanol–water partition coefficient (Wildman–Crippen LogP) is 3.01. The molecule has 30 heavy (non-hydrogen) atoms. The molecule has 0 aromatic heterocycles. The van der Waals surface area contributed by atoms with Gasteiger partial charge in [0.25, 0.3) is 11.3 Å². The van der Waals surface area contributed by atoms with E-state index in [0.29, 0.717) is 37.2 Å². The number of carbonyl (C=O) groups excluding carboxylic acids is 2. The SMILES string of the molecule is CC(C)(C)OC(=O)N1CCC(N(c2ccc(C(N)=O)c3c2CCCC3)S(=O)O)CC1. The summed E-state index contributed by atoms with van der Waals surface area (Å²) in [6, 6.07) is 3.20. The number of benzene rings is 1. The molecule has 1 saturated heterocycles. The highest BCUT2D eigenvalue weighted by atomic mass is 32.2. The summed E-state index contributed by atoms with van der Waals surface area (Å²) in [7, 11) is 0. The Bertz CT molecular complexity index is 844. The van der Waals surface area contributed by atoms with E-state index < -0.39 is 22.8 Å². The number of primary amides is 1. The van der Waals surface area contributed by atoms with Gasteiger partial charge in [0.15, 0.2) is 0 Å². The summed E-state index contributed by atoms with van der Waals surface area (Å²) in [5.74, 6) is -0.470. The molecular weight excluding hydrogens is 406 g/mol. The van der Waals surface area contributed by atoms with Crippen LogP contribution in [0.5, 0.6) is 0 Å². The van der Waals surface area contributed by atoms with Crippen LogP contribution in [-0.2, 0) is 28.8 Å². The number of fused-ring (bicyclic) bond motifs is 1. The molecule has 1 aliphatic carbocycles. The molecule has 9 heteroatoms. The fourth-order valence-electron chi connectivity index (χ4n) is 4.30. The van der Waals surface area contributed by atoms with Crippen molar-refractivity contribution < 1.29 is 23.1 Å². The minimum Gasteiger partial charge on any atom is -0.444 e. The zero-order valence-corrected chi connectivity index (χ0v) is 18.7. The van der Waals surface area contributed by atoms with Crippen molar-refractivity contribution in [3.63, 3.8) is 0 Å². The smallest absolute Gasteiger partial charge is 0.410 e. The summed E-state index contributed by atoms with van der Waals surface area (Å²) in [6.07, 6.45) is 4.16. The van der Waals surface area contributed by atoms with E-state index in [2.05, 4.69) is 0 Å². The number of likely N-dealkylation sites (tertiary alicyclic amines) is 1. The third-order valence-corrected chi connectivity index (χ3v) is 6.46. The standard InChI is InChI=1S/C21H31N3O5S/c1-21(2,3)29-20(26)23-12-10-14(11-13-23)24(30(27)28)18-9-8-17(19(22)25)15-6-4-5-7-16(15)18/h8-9,14H,4-7,10-13H2,1-3H3,(H2,22,25)(H,27,28). The molecule has 1 heterocycles. The Morgan fingerprint density at radius 2 is 1.77 bits per heavy atom. The molecule has 0 saturated carbocycles. The Morgan fingerprint density at radius 3 is 2.30 bits per heavy atom. The summed E-state index contributed by atoms with van der Waals surface area (Å²) >= 11 is -2.22. The average Bonchev–Trinajstić information content (AvgIpc) is 2.67. The van der Waals surface area contributed by atoms with Gasteiger partial charge in [-0.1, -0.05) is 0 Å². The Kier molecular flexibility index (Phi) is 6.71. The Morgan fingerprint density at radius 1 is 1.17 bits per heavy atom. The lowest BCUT2D eigenvalue weighted by Crippen LogP contribution is -2.48. The van der Waals surface area contributed by atoms with Crippen LogP contribution in [0, 0.1) is 0 Å². The van der Waals surface area contributed by atoms with Crippen LogP contribution >= 0.6 is 0 Å². The number of hydrogen-bond acceptors (Lipinski definition) is 4. The molecule has 2 amide bonds. The molecule has 1 aliphatic heterocycles. The second-order valence-electron chi connectivity index (χ2n) is 8.92. The Labute approximate surface area is 180 Å². The molecule has 0 bridgehead atoms. The van der Waals surface area contributed by atoms with Gasteiger partial charge < -0.3 is 15.4 Å². The van der Waals surface area contributed by atoms with Crippen LogP contribution < -0.4 is 10.0 Å². The normalized spacial score (nSPS) is 18.5. The molecule has 0 radical (unpaired) electrons. The molecule has 8 nitrogen and oxygen atoms in total. The van der Waals surface area contributed by atoms with Crippen LogP contribution in [0.3, 0.4) is 0 Å². The van der Waals surface area contributed by atoms with Crippen LogP contribution in [0.2, 0.25) is 0 Å². The van der Waals surface area contributed by atoms with Gasteiger partial charge in [0.05, 0.1) is 5.69 Å². The van der Waals surface area contributed by atoms with E-state index in [1.807, 2.05) is 20.8 Å². The van der Waals surface area contributed by atoms with Crippen LogP contribution in [-0.4, -0.2) is 50.4 Å². The van der Waals surface area contributed by atoms with Crippen molar-refractivity contribution in [3.8, 4) is 0 Å². The van der Waals surface area contributed by atoms with Gasteiger partial charge in [0.1, 0.15) is 5.60 Å². The lowest BCUT2D eigenvalue weighted by Gasteiger charge is -2.39. The van der Waals surface area contributed by atoms with Gasteiger partial charge in [-0.25, -0.2) is 9.00 Å². The minimum absolute atomic E-state index is 0.194. The Balaban J connectivity index is 1.82. The van der Waals surface area contributed by atoms with Crippen LogP contribution in [0.4, 0.5) is 10.5 Å². The molecule has 1 unspecified atom stereocenters. The largest absolute Gasteiger partial charge is 0.444 e. The fraction of sp³-hybridized carbons (Fsp3) is 0.619. The number of nitrogens with two attached hydrogens (primary N) is 1. The van der Waals surface area contributed by atoms with E-state index in [9.17, 15) is 18.4 Å². The molecule has 1 fully saturated rings. The molecule has 166 valence electrons. The van der Waals surface area contributed by atoms with Gasteiger partial charge in [0.2, 0.25) is 5.91 Å². The van der Waals surface area contributed by atoms with Crippen molar-refractivity contribution in [1.29, 1.82) is 0 Å². The van der Waals surface area contributed by atoms with Crippen molar-refractivity contribution in [3.05, 3.63) is 28.8 Å². The molecule has 1 atom stereocenters. The first kappa shape index (κ1) is 22.6. The first-order valence-corrected chi connectivity index (χ1v) is 11.5. The number of anilines is 1. The molecule has 1 aromatic carbocycles. The number of piperidine rings is 1. The first-order valence-electron chi connectivity index (χ1n) is 10.4. The van der Waals surface area contributed by atoms with Crippen molar-refractivity contribution in [1.82, 2.24) is 4.90 Å². The lowest BCUT2D eigenvalue weighted by atomic mass is 9.86. The highest BCUT2D eigenvalue weighted by molar-refractivity contribution is 7.80. The zero-order chi connectivity index (χ0) is 22.1. The summed E-state index contributed by atoms with van der Waals surface area (Å²) in [5, 5.41) is 0. The second kappa shape index (κ2) is 8.93. The number of hydrogen-bond donors (Lipinski definition) is 2. The van der Waals surface area contributed by atoms with Crippen molar-refractivity contribution >= 4 is 29.0 Å². The maximum Gasteiger partial charge on any atom is 0.410 e. The second-order valence-corrected chi connectivity index (χ2v) is 9.77. The van der Waals surface area contributed by atoms with E-state index >= 15 is 0 Å². The zero-order valence-electron chi connectivity index (χ0n) is 17.8. The average molecular weight is 438 g/mol. The monoisotopic (exact) mass is 437 g/mol. The number of amides is 2. The topological polar surface area (TPSA) is 113 Å². The molecule has 3 N–H and O–H groups in total. The summed E-state index contributed by atoms with van der Waals surface area (Å²) in [5.41, 5.74) is 8.00. The quantitative estimate of drug-likeness (QED) is 0.703. The van der Waals surface area contributed by atoms with Crippen molar-refractivity contribution in [2.45, 2.75) is 70.9 Å². The maximum atomic E-state index is 12.3. The lowest BCUT2D eigenvalue weighted by molar-refractivity contribution is 0.0207. The summed E-state index contributed by atoms with van der Waals surface area (Å²) in [4.78, 5) is 25.8. The fourth-order valence-corrected chi connectivity index (χ4v) is 5.11. The number of rotatable bonds is 4. The summed E-state index contributed by atoms with van der Waals surface area (Å²) in [6.45, 7) is 6.39. The highest BCUT2D eigenvalue weighted by Crippen LogP contribution is 2.36. The summed E-state index contributed by atoms with van der Waals surface area (Å²) < 4.78 is 29.4. The highest BCUT2D eigenvalue weighted by Gasteiger charge is 2.34. The third-order valence-electron chi connectivity index (χ3n) is 5.63. The molecule has 1 aromatic rings. The van der Waals surface area contributed by atoms with Crippen LogP contribution in [0.15, 0.2) is 12.1 Å². The molecule has 0 spiro atoms. The Hall–Kier alpha value is -2.13. The first-order chi connectivity index (χ1) is 14.1. The maximum absolute atomic E-state index is 12.3. The predicted molar refractivity (Wildman–Crippen MR) is 116 cm³/mol. The van der Waals surface area contributed by atoms with Crippen LogP contribution in [0.25, 0.3) is 0 Å².